The Balaban J connectivity index is 1.29. The third-order valence-corrected chi connectivity index (χ3v) is 6.04. The van der Waals surface area contributed by atoms with Gasteiger partial charge in [0.05, 0.1) is 0 Å². The fourth-order valence-corrected chi connectivity index (χ4v) is 3.98. The van der Waals surface area contributed by atoms with Crippen molar-refractivity contribution in [1.82, 2.24) is 0 Å². The molecule has 168 valence electrons. The first kappa shape index (κ1) is 22.7. The molecular weight excluding hydrogens is 404 g/mol. The molecule has 0 N–H and O–H groups in total. The van der Waals surface area contributed by atoms with Crippen molar-refractivity contribution in [2.24, 2.45) is 0 Å². The molecule has 0 aromatic heterocycles. The first-order chi connectivity index (χ1) is 16.0. The number of rotatable bonds is 8. The van der Waals surface area contributed by atoms with E-state index >= 15 is 0 Å². The summed E-state index contributed by atoms with van der Waals surface area (Å²) >= 11 is 0. The maximum Gasteiger partial charge on any atom is 0.119 e. The van der Waals surface area contributed by atoms with Crippen molar-refractivity contribution in [2.45, 2.75) is 47.3 Å². The van der Waals surface area contributed by atoms with E-state index in [0.29, 0.717) is 13.2 Å². The molecule has 0 atom stereocenters. The second-order valence-corrected chi connectivity index (χ2v) is 8.90. The maximum absolute atomic E-state index is 6.00. The van der Waals surface area contributed by atoms with Gasteiger partial charge >= 0.3 is 0 Å². The highest BCUT2D eigenvalue weighted by Crippen LogP contribution is 2.21. The number of hydrogen-bond donors (Lipinski definition) is 0. The molecule has 4 rings (SSSR count). The van der Waals surface area contributed by atoms with E-state index in [1.54, 1.807) is 0 Å². The molecular formula is C31H32O2. The summed E-state index contributed by atoms with van der Waals surface area (Å²) in [6.45, 7) is 9.68. The molecule has 2 heteroatoms. The van der Waals surface area contributed by atoms with Gasteiger partial charge < -0.3 is 9.47 Å². The normalized spacial score (nSPS) is 10.8. The summed E-state index contributed by atoms with van der Waals surface area (Å²) in [4.78, 5) is 0. The summed E-state index contributed by atoms with van der Waals surface area (Å²) in [5, 5.41) is 0. The van der Waals surface area contributed by atoms with Crippen molar-refractivity contribution in [2.75, 3.05) is 0 Å². The van der Waals surface area contributed by atoms with Crippen LogP contribution in [-0.4, -0.2) is 0 Å². The average molecular weight is 437 g/mol. The Morgan fingerprint density at radius 3 is 1.24 bits per heavy atom. The summed E-state index contributed by atoms with van der Waals surface area (Å²) < 4.78 is 12.0. The van der Waals surface area contributed by atoms with Gasteiger partial charge in [-0.25, -0.2) is 0 Å². The van der Waals surface area contributed by atoms with E-state index in [1.807, 2.05) is 0 Å². The minimum atomic E-state index is 0.592. The van der Waals surface area contributed by atoms with Gasteiger partial charge in [-0.3, -0.25) is 0 Å². The van der Waals surface area contributed by atoms with Crippen LogP contribution in [0.5, 0.6) is 11.5 Å². The number of ether oxygens (including phenoxy) is 2. The van der Waals surface area contributed by atoms with Crippen molar-refractivity contribution >= 4 is 0 Å². The lowest BCUT2D eigenvalue weighted by atomic mass is 10.0. The zero-order chi connectivity index (χ0) is 23.2. The third kappa shape index (κ3) is 6.26. The third-order valence-electron chi connectivity index (χ3n) is 6.04. The Hall–Kier alpha value is -3.52. The number of hydrogen-bond acceptors (Lipinski definition) is 2. The van der Waals surface area contributed by atoms with E-state index in [-0.39, 0.29) is 0 Å². The van der Waals surface area contributed by atoms with E-state index in [4.69, 9.17) is 9.47 Å². The van der Waals surface area contributed by atoms with Crippen LogP contribution in [0.3, 0.4) is 0 Å². The van der Waals surface area contributed by atoms with Gasteiger partial charge in [-0.1, -0.05) is 71.8 Å². The van der Waals surface area contributed by atoms with Gasteiger partial charge in [0.25, 0.3) is 0 Å². The SMILES string of the molecule is Cc1ccc(COc2ccc(Cc3ccc(OCc4ccc(C)cc4C)cc3)cc2)c(C)c1. The molecule has 0 radical (unpaired) electrons. The number of aryl methyl sites for hydroxylation is 4. The van der Waals surface area contributed by atoms with E-state index in [9.17, 15) is 0 Å². The minimum absolute atomic E-state index is 0.592. The van der Waals surface area contributed by atoms with E-state index in [2.05, 4.69) is 113 Å². The van der Waals surface area contributed by atoms with Crippen LogP contribution in [0.1, 0.15) is 44.5 Å². The highest BCUT2D eigenvalue weighted by atomic mass is 16.5. The minimum Gasteiger partial charge on any atom is -0.489 e. The summed E-state index contributed by atoms with van der Waals surface area (Å²) in [6.07, 6.45) is 0.884. The highest BCUT2D eigenvalue weighted by Gasteiger charge is 2.04. The Morgan fingerprint density at radius 2 is 0.879 bits per heavy atom. The maximum atomic E-state index is 6.00. The van der Waals surface area contributed by atoms with Crippen molar-refractivity contribution in [3.63, 3.8) is 0 Å². The lowest BCUT2D eigenvalue weighted by molar-refractivity contribution is 0.305. The molecule has 0 amide bonds. The molecule has 0 spiro atoms. The second-order valence-electron chi connectivity index (χ2n) is 8.90. The van der Waals surface area contributed by atoms with E-state index in [0.717, 1.165) is 17.9 Å². The Morgan fingerprint density at radius 1 is 0.485 bits per heavy atom. The molecule has 0 saturated carbocycles. The topological polar surface area (TPSA) is 18.5 Å². The molecule has 4 aromatic rings. The Bertz CT molecular complexity index is 1110. The Labute approximate surface area is 197 Å². The van der Waals surface area contributed by atoms with Crippen LogP contribution >= 0.6 is 0 Å². The van der Waals surface area contributed by atoms with Crippen molar-refractivity contribution in [1.29, 1.82) is 0 Å². The van der Waals surface area contributed by atoms with Crippen molar-refractivity contribution in [3.05, 3.63) is 129 Å². The van der Waals surface area contributed by atoms with Gasteiger partial charge in [-0.05, 0) is 91.8 Å². The molecule has 0 aliphatic carbocycles. The first-order valence-corrected chi connectivity index (χ1v) is 11.5. The van der Waals surface area contributed by atoms with Crippen LogP contribution in [0.15, 0.2) is 84.9 Å². The fourth-order valence-electron chi connectivity index (χ4n) is 3.98. The molecule has 0 aliphatic heterocycles. The van der Waals surface area contributed by atoms with Crippen LogP contribution in [0, 0.1) is 27.7 Å². The molecule has 0 aliphatic rings. The van der Waals surface area contributed by atoms with Crippen LogP contribution in [0.25, 0.3) is 0 Å². The summed E-state index contributed by atoms with van der Waals surface area (Å²) in [5.74, 6) is 1.79. The van der Waals surface area contributed by atoms with Gasteiger partial charge in [-0.2, -0.15) is 0 Å². The molecule has 4 aromatic carbocycles. The standard InChI is InChI=1S/C31H32O2/c1-22-5-11-28(24(3)17-22)20-32-30-13-7-26(8-14-30)19-27-9-15-31(16-10-27)33-21-29-12-6-23(2)18-25(29)4/h5-18H,19-21H2,1-4H3. The number of benzene rings is 4. The smallest absolute Gasteiger partial charge is 0.119 e. The molecule has 2 nitrogen and oxygen atoms in total. The largest absolute Gasteiger partial charge is 0.489 e. The summed E-state index contributed by atoms with van der Waals surface area (Å²) in [6, 6.07) is 29.7. The van der Waals surface area contributed by atoms with E-state index in [1.165, 1.54) is 44.5 Å². The van der Waals surface area contributed by atoms with Crippen LogP contribution in [0.4, 0.5) is 0 Å². The van der Waals surface area contributed by atoms with Gasteiger partial charge in [0.15, 0.2) is 0 Å². The van der Waals surface area contributed by atoms with Gasteiger partial charge in [-0.15, -0.1) is 0 Å². The predicted molar refractivity (Wildman–Crippen MR) is 136 cm³/mol. The second kappa shape index (κ2) is 10.4. The zero-order valence-electron chi connectivity index (χ0n) is 20.0. The lowest BCUT2D eigenvalue weighted by Gasteiger charge is -2.11. The van der Waals surface area contributed by atoms with Crippen molar-refractivity contribution in [3.8, 4) is 11.5 Å². The van der Waals surface area contributed by atoms with Crippen molar-refractivity contribution < 1.29 is 9.47 Å². The summed E-state index contributed by atoms with van der Waals surface area (Å²) in [7, 11) is 0. The Kier molecular flexibility index (Phi) is 7.14. The molecule has 0 saturated heterocycles. The lowest BCUT2D eigenvalue weighted by Crippen LogP contribution is -1.99. The van der Waals surface area contributed by atoms with Gasteiger partial charge in [0.1, 0.15) is 24.7 Å². The van der Waals surface area contributed by atoms with Gasteiger partial charge in [0, 0.05) is 0 Å². The van der Waals surface area contributed by atoms with Crippen LogP contribution in [0.2, 0.25) is 0 Å². The van der Waals surface area contributed by atoms with Gasteiger partial charge in [0.2, 0.25) is 0 Å². The molecule has 0 bridgehead atoms. The molecule has 0 heterocycles. The van der Waals surface area contributed by atoms with Crippen LogP contribution < -0.4 is 9.47 Å². The monoisotopic (exact) mass is 436 g/mol. The molecule has 0 unspecified atom stereocenters. The summed E-state index contributed by atoms with van der Waals surface area (Å²) in [5.41, 5.74) is 10.1. The first-order valence-electron chi connectivity index (χ1n) is 11.5. The van der Waals surface area contributed by atoms with Crippen LogP contribution in [-0.2, 0) is 19.6 Å². The quantitative estimate of drug-likeness (QED) is 0.282. The zero-order valence-corrected chi connectivity index (χ0v) is 20.0. The molecule has 33 heavy (non-hydrogen) atoms. The molecule has 0 fully saturated rings. The van der Waals surface area contributed by atoms with E-state index < -0.39 is 0 Å². The predicted octanol–water partition coefficient (Wildman–Crippen LogP) is 7.67. The highest BCUT2D eigenvalue weighted by molar-refractivity contribution is 5.36. The fraction of sp³-hybridized carbons (Fsp3) is 0.226. The average Bonchev–Trinajstić information content (AvgIpc) is 2.80.